The number of methoxy groups -OCH3 is 1. The molecule has 0 aliphatic rings. The maximum absolute atomic E-state index is 11.3. The molecule has 0 spiro atoms. The van der Waals surface area contributed by atoms with Crippen LogP contribution in [0.15, 0.2) is 23.1 Å². The van der Waals surface area contributed by atoms with Gasteiger partial charge in [0, 0.05) is 4.90 Å². The molecule has 0 radical (unpaired) electrons. The van der Waals surface area contributed by atoms with Crippen molar-refractivity contribution in [2.45, 2.75) is 11.8 Å². The summed E-state index contributed by atoms with van der Waals surface area (Å²) >= 11 is 4.17. The molecule has 0 fully saturated rings. The van der Waals surface area contributed by atoms with E-state index in [1.165, 1.54) is 7.11 Å². The SMILES string of the molecule is CCOC(=O)c1ccc(S)c(OC)c1. The minimum Gasteiger partial charge on any atom is -0.496 e. The summed E-state index contributed by atoms with van der Waals surface area (Å²) in [4.78, 5) is 12.0. The van der Waals surface area contributed by atoms with Gasteiger partial charge in [-0.15, -0.1) is 12.6 Å². The topological polar surface area (TPSA) is 35.5 Å². The van der Waals surface area contributed by atoms with Gasteiger partial charge in [0.25, 0.3) is 0 Å². The molecule has 76 valence electrons. The Morgan fingerprint density at radius 2 is 2.21 bits per heavy atom. The van der Waals surface area contributed by atoms with E-state index in [2.05, 4.69) is 12.6 Å². The molecule has 0 heterocycles. The Balaban J connectivity index is 2.94. The first-order valence-corrected chi connectivity index (χ1v) is 4.68. The lowest BCUT2D eigenvalue weighted by Gasteiger charge is -2.06. The molecule has 0 aliphatic heterocycles. The number of carbonyl (C=O) groups excluding carboxylic acids is 1. The highest BCUT2D eigenvalue weighted by Crippen LogP contribution is 2.23. The summed E-state index contributed by atoms with van der Waals surface area (Å²) in [6, 6.07) is 4.97. The van der Waals surface area contributed by atoms with Crippen molar-refractivity contribution < 1.29 is 14.3 Å². The highest BCUT2D eigenvalue weighted by molar-refractivity contribution is 7.80. The monoisotopic (exact) mass is 212 g/mol. The molecule has 0 unspecified atom stereocenters. The quantitative estimate of drug-likeness (QED) is 0.616. The van der Waals surface area contributed by atoms with Gasteiger partial charge in [0.2, 0.25) is 0 Å². The first-order valence-electron chi connectivity index (χ1n) is 4.23. The van der Waals surface area contributed by atoms with Crippen LogP contribution in [0.5, 0.6) is 5.75 Å². The number of benzene rings is 1. The number of carbonyl (C=O) groups is 1. The van der Waals surface area contributed by atoms with Gasteiger partial charge >= 0.3 is 5.97 Å². The predicted molar refractivity (Wildman–Crippen MR) is 56.2 cm³/mol. The van der Waals surface area contributed by atoms with Gasteiger partial charge in [-0.2, -0.15) is 0 Å². The molecule has 0 saturated carbocycles. The van der Waals surface area contributed by atoms with Crippen LogP contribution in [-0.2, 0) is 4.74 Å². The van der Waals surface area contributed by atoms with Crippen molar-refractivity contribution in [1.29, 1.82) is 0 Å². The summed E-state index contributed by atoms with van der Waals surface area (Å²) in [6.07, 6.45) is 0. The average Bonchev–Trinajstić information content (AvgIpc) is 2.19. The third kappa shape index (κ3) is 2.42. The van der Waals surface area contributed by atoms with Gasteiger partial charge in [-0.05, 0) is 25.1 Å². The molecule has 0 saturated heterocycles. The highest BCUT2D eigenvalue weighted by Gasteiger charge is 2.08. The van der Waals surface area contributed by atoms with E-state index >= 15 is 0 Å². The third-order valence-corrected chi connectivity index (χ3v) is 2.06. The normalized spacial score (nSPS) is 9.64. The second kappa shape index (κ2) is 4.91. The van der Waals surface area contributed by atoms with E-state index in [1.54, 1.807) is 25.1 Å². The van der Waals surface area contributed by atoms with Crippen LogP contribution in [0, 0.1) is 0 Å². The standard InChI is InChI=1S/C10H12O3S/c1-3-13-10(11)7-4-5-9(14)8(6-7)12-2/h4-6,14H,3H2,1-2H3. The van der Waals surface area contributed by atoms with Crippen molar-refractivity contribution in [1.82, 2.24) is 0 Å². The van der Waals surface area contributed by atoms with Crippen LogP contribution < -0.4 is 4.74 Å². The lowest BCUT2D eigenvalue weighted by molar-refractivity contribution is 0.0526. The Morgan fingerprint density at radius 3 is 2.79 bits per heavy atom. The molecule has 14 heavy (non-hydrogen) atoms. The van der Waals surface area contributed by atoms with Crippen molar-refractivity contribution in [3.8, 4) is 5.75 Å². The van der Waals surface area contributed by atoms with E-state index in [4.69, 9.17) is 9.47 Å². The predicted octanol–water partition coefficient (Wildman–Crippen LogP) is 2.16. The number of hydrogen-bond donors (Lipinski definition) is 1. The van der Waals surface area contributed by atoms with E-state index in [0.717, 1.165) is 0 Å². The van der Waals surface area contributed by atoms with Crippen LogP contribution in [0.3, 0.4) is 0 Å². The summed E-state index contributed by atoms with van der Waals surface area (Å²) in [5.41, 5.74) is 0.474. The van der Waals surface area contributed by atoms with Crippen molar-refractivity contribution >= 4 is 18.6 Å². The van der Waals surface area contributed by atoms with E-state index in [0.29, 0.717) is 22.8 Å². The minimum atomic E-state index is -0.348. The number of thiol groups is 1. The van der Waals surface area contributed by atoms with E-state index in [9.17, 15) is 4.79 Å². The molecule has 0 N–H and O–H groups in total. The van der Waals surface area contributed by atoms with Crippen LogP contribution in [0.4, 0.5) is 0 Å². The first-order chi connectivity index (χ1) is 6.69. The molecule has 0 atom stereocenters. The minimum absolute atomic E-state index is 0.348. The fourth-order valence-corrected chi connectivity index (χ4v) is 1.25. The van der Waals surface area contributed by atoms with Gasteiger partial charge in [0.05, 0.1) is 19.3 Å². The fourth-order valence-electron chi connectivity index (χ4n) is 1.02. The van der Waals surface area contributed by atoms with Crippen LogP contribution in [-0.4, -0.2) is 19.7 Å². The molecular formula is C10H12O3S. The summed E-state index contributed by atoms with van der Waals surface area (Å²) in [5.74, 6) is 0.220. The Labute approximate surface area is 88.4 Å². The van der Waals surface area contributed by atoms with Crippen LogP contribution in [0.25, 0.3) is 0 Å². The summed E-state index contributed by atoms with van der Waals surface area (Å²) in [5, 5.41) is 0. The molecule has 4 heteroatoms. The fraction of sp³-hybridized carbons (Fsp3) is 0.300. The lowest BCUT2D eigenvalue weighted by atomic mass is 10.2. The molecule has 0 aliphatic carbocycles. The molecule has 1 rings (SSSR count). The highest BCUT2D eigenvalue weighted by atomic mass is 32.1. The molecule has 1 aromatic rings. The van der Waals surface area contributed by atoms with Gasteiger partial charge in [0.1, 0.15) is 5.75 Å². The van der Waals surface area contributed by atoms with Gasteiger partial charge in [0.15, 0.2) is 0 Å². The van der Waals surface area contributed by atoms with Gasteiger partial charge in [-0.3, -0.25) is 0 Å². The number of esters is 1. The second-order valence-corrected chi connectivity index (χ2v) is 3.09. The van der Waals surface area contributed by atoms with Crippen molar-refractivity contribution in [3.05, 3.63) is 23.8 Å². The zero-order valence-electron chi connectivity index (χ0n) is 8.11. The largest absolute Gasteiger partial charge is 0.496 e. The van der Waals surface area contributed by atoms with Crippen molar-refractivity contribution in [2.75, 3.05) is 13.7 Å². The molecule has 0 bridgehead atoms. The first kappa shape index (κ1) is 10.9. The Kier molecular flexibility index (Phi) is 3.83. The summed E-state index contributed by atoms with van der Waals surface area (Å²) < 4.78 is 9.88. The molecule has 0 aromatic heterocycles. The van der Waals surface area contributed by atoms with Crippen molar-refractivity contribution in [3.63, 3.8) is 0 Å². The van der Waals surface area contributed by atoms with Gasteiger partial charge in [-0.1, -0.05) is 0 Å². The van der Waals surface area contributed by atoms with Crippen LogP contribution >= 0.6 is 12.6 Å². The Bertz CT molecular complexity index is 336. The maximum atomic E-state index is 11.3. The number of ether oxygens (including phenoxy) is 2. The van der Waals surface area contributed by atoms with Gasteiger partial charge < -0.3 is 9.47 Å². The van der Waals surface area contributed by atoms with E-state index in [-0.39, 0.29) is 5.97 Å². The third-order valence-electron chi connectivity index (χ3n) is 1.69. The Morgan fingerprint density at radius 1 is 1.50 bits per heavy atom. The van der Waals surface area contributed by atoms with Crippen LogP contribution in [0.2, 0.25) is 0 Å². The van der Waals surface area contributed by atoms with Gasteiger partial charge in [-0.25, -0.2) is 4.79 Å². The average molecular weight is 212 g/mol. The molecule has 0 amide bonds. The van der Waals surface area contributed by atoms with Crippen molar-refractivity contribution in [2.24, 2.45) is 0 Å². The smallest absolute Gasteiger partial charge is 0.338 e. The molecular weight excluding hydrogens is 200 g/mol. The number of hydrogen-bond acceptors (Lipinski definition) is 4. The maximum Gasteiger partial charge on any atom is 0.338 e. The zero-order chi connectivity index (χ0) is 10.6. The second-order valence-electron chi connectivity index (χ2n) is 2.61. The summed E-state index contributed by atoms with van der Waals surface area (Å²) in [6.45, 7) is 2.13. The Hall–Kier alpha value is -1.16. The zero-order valence-corrected chi connectivity index (χ0v) is 9.01. The molecule has 3 nitrogen and oxygen atoms in total. The summed E-state index contributed by atoms with van der Waals surface area (Å²) in [7, 11) is 1.53. The molecule has 1 aromatic carbocycles. The number of rotatable bonds is 3. The lowest BCUT2D eigenvalue weighted by Crippen LogP contribution is -2.04. The van der Waals surface area contributed by atoms with E-state index in [1.807, 2.05) is 0 Å². The van der Waals surface area contributed by atoms with Crippen LogP contribution in [0.1, 0.15) is 17.3 Å². The van der Waals surface area contributed by atoms with E-state index < -0.39 is 0 Å².